The Hall–Kier alpha value is -2.10. The molecule has 2 aromatic heterocycles. The summed E-state index contributed by atoms with van der Waals surface area (Å²) in [5.41, 5.74) is -0.204. The number of ether oxygens (including phenoxy) is 1. The van der Waals surface area contributed by atoms with E-state index in [0.717, 1.165) is 19.4 Å². The van der Waals surface area contributed by atoms with Crippen molar-refractivity contribution in [2.45, 2.75) is 23.3 Å². The van der Waals surface area contributed by atoms with E-state index in [4.69, 9.17) is 4.74 Å². The van der Waals surface area contributed by atoms with Crippen molar-refractivity contribution < 1.29 is 17.5 Å². The van der Waals surface area contributed by atoms with Crippen LogP contribution in [0.2, 0.25) is 0 Å². The number of hydrogen-bond acceptors (Lipinski definition) is 6. The molecule has 2 aromatic rings. The Morgan fingerprint density at radius 1 is 1.29 bits per heavy atom. The van der Waals surface area contributed by atoms with Crippen molar-refractivity contribution >= 4 is 10.0 Å². The first-order valence-electron chi connectivity index (χ1n) is 9.25. The molecule has 4 heterocycles. The van der Waals surface area contributed by atoms with Gasteiger partial charge in [0.15, 0.2) is 5.82 Å². The summed E-state index contributed by atoms with van der Waals surface area (Å²) in [5.74, 6) is -0.228. The minimum Gasteiger partial charge on any atom is -0.475 e. The molecule has 0 aromatic carbocycles. The van der Waals surface area contributed by atoms with Crippen molar-refractivity contribution in [2.24, 2.45) is 5.92 Å². The largest absolute Gasteiger partial charge is 0.475 e. The summed E-state index contributed by atoms with van der Waals surface area (Å²) in [4.78, 5) is 10.3. The van der Waals surface area contributed by atoms with E-state index in [1.54, 1.807) is 18.3 Å². The summed E-state index contributed by atoms with van der Waals surface area (Å²) < 4.78 is 46.3. The Morgan fingerprint density at radius 3 is 2.79 bits per heavy atom. The first-order chi connectivity index (χ1) is 13.4. The molecule has 1 spiro atoms. The van der Waals surface area contributed by atoms with E-state index < -0.39 is 15.8 Å². The predicted molar refractivity (Wildman–Crippen MR) is 101 cm³/mol. The number of sulfonamides is 1. The van der Waals surface area contributed by atoms with Crippen LogP contribution in [0.3, 0.4) is 0 Å². The zero-order valence-electron chi connectivity index (χ0n) is 15.7. The zero-order valence-corrected chi connectivity index (χ0v) is 16.5. The molecule has 0 amide bonds. The van der Waals surface area contributed by atoms with Gasteiger partial charge in [0.25, 0.3) is 0 Å². The second kappa shape index (κ2) is 7.38. The Kier molecular flexibility index (Phi) is 5.07. The maximum absolute atomic E-state index is 13.7. The van der Waals surface area contributed by atoms with Crippen LogP contribution < -0.4 is 4.74 Å². The van der Waals surface area contributed by atoms with Crippen molar-refractivity contribution in [1.29, 1.82) is 0 Å². The molecule has 150 valence electrons. The average Bonchev–Trinajstić information content (AvgIpc) is 2.67. The lowest BCUT2D eigenvalue weighted by Crippen LogP contribution is -2.72. The van der Waals surface area contributed by atoms with Crippen LogP contribution in [0.4, 0.5) is 4.39 Å². The lowest BCUT2D eigenvalue weighted by Gasteiger charge is -2.57. The fourth-order valence-electron chi connectivity index (χ4n) is 4.02. The molecule has 9 heteroatoms. The first-order valence-corrected chi connectivity index (χ1v) is 10.7. The highest BCUT2D eigenvalue weighted by Gasteiger charge is 2.53. The molecule has 0 N–H and O–H groups in total. The molecular formula is C19H23FN4O3S. The standard InChI is InChI=1S/C19H23FN4O3S/c1-23-9-6-15(12-27-18-17(20)5-3-8-22-18)10-19(23)13-24(14-19)28(25,26)16-4-2-7-21-11-16/h2-5,7-8,11,15H,6,9-10,12-14H2,1H3/t15-/m1/s1. The monoisotopic (exact) mass is 406 g/mol. The molecule has 28 heavy (non-hydrogen) atoms. The Labute approximate surface area is 164 Å². The van der Waals surface area contributed by atoms with Gasteiger partial charge in [-0.3, -0.25) is 9.88 Å². The van der Waals surface area contributed by atoms with E-state index in [1.807, 2.05) is 7.05 Å². The Bertz CT molecular complexity index is 935. The number of hydrogen-bond donors (Lipinski definition) is 0. The van der Waals surface area contributed by atoms with Crippen LogP contribution in [0.1, 0.15) is 12.8 Å². The van der Waals surface area contributed by atoms with Crippen LogP contribution in [-0.2, 0) is 10.0 Å². The number of aromatic nitrogens is 2. The smallest absolute Gasteiger partial charge is 0.250 e. The Balaban J connectivity index is 1.40. The summed E-state index contributed by atoms with van der Waals surface area (Å²) in [6.07, 6.45) is 6.16. The molecule has 4 rings (SSSR count). The summed E-state index contributed by atoms with van der Waals surface area (Å²) in [6, 6.07) is 6.04. The minimum absolute atomic E-state index is 0.0184. The van der Waals surface area contributed by atoms with E-state index in [-0.39, 0.29) is 22.2 Å². The van der Waals surface area contributed by atoms with Gasteiger partial charge in [-0.25, -0.2) is 17.8 Å². The highest BCUT2D eigenvalue weighted by Crippen LogP contribution is 2.40. The number of piperidine rings is 1. The maximum Gasteiger partial charge on any atom is 0.250 e. The molecule has 2 saturated heterocycles. The molecule has 1 atom stereocenters. The van der Waals surface area contributed by atoms with Crippen molar-refractivity contribution in [2.75, 3.05) is 33.3 Å². The number of halogens is 1. The van der Waals surface area contributed by atoms with Crippen molar-refractivity contribution in [3.05, 3.63) is 48.7 Å². The highest BCUT2D eigenvalue weighted by molar-refractivity contribution is 7.89. The van der Waals surface area contributed by atoms with Crippen molar-refractivity contribution in [3.63, 3.8) is 0 Å². The first kappa shape index (κ1) is 19.2. The second-order valence-electron chi connectivity index (χ2n) is 7.57. The van der Waals surface area contributed by atoms with Gasteiger partial charge in [0.2, 0.25) is 15.9 Å². The average molecular weight is 406 g/mol. The number of nitrogens with zero attached hydrogens (tertiary/aromatic N) is 4. The van der Waals surface area contributed by atoms with E-state index in [2.05, 4.69) is 14.9 Å². The number of pyridine rings is 2. The lowest BCUT2D eigenvalue weighted by atomic mass is 9.77. The van der Waals surface area contributed by atoms with Gasteiger partial charge < -0.3 is 4.74 Å². The van der Waals surface area contributed by atoms with Gasteiger partial charge in [-0.2, -0.15) is 4.31 Å². The predicted octanol–water partition coefficient (Wildman–Crippen LogP) is 1.78. The summed E-state index contributed by atoms with van der Waals surface area (Å²) in [6.45, 7) is 2.10. The molecule has 2 aliphatic rings. The SMILES string of the molecule is CN1CC[C@@H](COc2ncccc2F)CC12CN(S(=O)(=O)c1cccnc1)C2. The quantitative estimate of drug-likeness (QED) is 0.754. The molecular weight excluding hydrogens is 383 g/mol. The lowest BCUT2D eigenvalue weighted by molar-refractivity contribution is -0.0500. The minimum atomic E-state index is -3.53. The van der Waals surface area contributed by atoms with Gasteiger partial charge in [-0.15, -0.1) is 0 Å². The van der Waals surface area contributed by atoms with Gasteiger partial charge >= 0.3 is 0 Å². The van der Waals surface area contributed by atoms with Crippen LogP contribution in [0, 0.1) is 11.7 Å². The molecule has 0 radical (unpaired) electrons. The molecule has 7 nitrogen and oxygen atoms in total. The molecule has 0 unspecified atom stereocenters. The molecule has 2 aliphatic heterocycles. The third kappa shape index (κ3) is 3.49. The van der Waals surface area contributed by atoms with Crippen LogP contribution in [0.15, 0.2) is 47.8 Å². The van der Waals surface area contributed by atoms with Gasteiger partial charge in [-0.05, 0) is 56.6 Å². The normalized spacial score (nSPS) is 22.7. The topological polar surface area (TPSA) is 75.6 Å². The van der Waals surface area contributed by atoms with Gasteiger partial charge in [-0.1, -0.05) is 0 Å². The third-order valence-electron chi connectivity index (χ3n) is 5.75. The summed E-state index contributed by atoms with van der Waals surface area (Å²) in [5, 5.41) is 0. The second-order valence-corrected chi connectivity index (χ2v) is 9.51. The van der Waals surface area contributed by atoms with Crippen molar-refractivity contribution in [3.8, 4) is 5.88 Å². The molecule has 0 saturated carbocycles. The fourth-order valence-corrected chi connectivity index (χ4v) is 5.59. The zero-order chi connectivity index (χ0) is 19.8. The van der Waals surface area contributed by atoms with Crippen LogP contribution in [-0.4, -0.2) is 66.4 Å². The van der Waals surface area contributed by atoms with E-state index in [0.29, 0.717) is 19.7 Å². The van der Waals surface area contributed by atoms with Gasteiger partial charge in [0.1, 0.15) is 4.90 Å². The van der Waals surface area contributed by atoms with Crippen molar-refractivity contribution in [1.82, 2.24) is 19.2 Å². The number of likely N-dealkylation sites (tertiary alicyclic amines) is 1. The van der Waals surface area contributed by atoms with Crippen LogP contribution in [0.25, 0.3) is 0 Å². The fraction of sp³-hybridized carbons (Fsp3) is 0.474. The number of rotatable bonds is 5. The summed E-state index contributed by atoms with van der Waals surface area (Å²) in [7, 11) is -1.49. The maximum atomic E-state index is 13.7. The Morgan fingerprint density at radius 2 is 2.07 bits per heavy atom. The van der Waals surface area contributed by atoms with Gasteiger partial charge in [0, 0.05) is 37.2 Å². The summed E-state index contributed by atoms with van der Waals surface area (Å²) >= 11 is 0. The van der Waals surface area contributed by atoms with E-state index in [9.17, 15) is 12.8 Å². The van der Waals surface area contributed by atoms with Crippen LogP contribution in [0.5, 0.6) is 5.88 Å². The van der Waals surface area contributed by atoms with E-state index in [1.165, 1.54) is 28.8 Å². The molecule has 0 aliphatic carbocycles. The molecule has 0 bridgehead atoms. The number of likely N-dealkylation sites (N-methyl/N-ethyl adjacent to an activating group) is 1. The van der Waals surface area contributed by atoms with Gasteiger partial charge in [0.05, 0.1) is 6.61 Å². The van der Waals surface area contributed by atoms with Crippen LogP contribution >= 0.6 is 0 Å². The third-order valence-corrected chi connectivity index (χ3v) is 7.52. The van der Waals surface area contributed by atoms with E-state index >= 15 is 0 Å². The highest BCUT2D eigenvalue weighted by atomic mass is 32.2. The molecule has 2 fully saturated rings.